The number of aryl methyl sites for hydroxylation is 1. The van der Waals surface area contributed by atoms with Gasteiger partial charge in [-0.05, 0) is 13.3 Å². The molecule has 0 fully saturated rings. The normalized spacial score (nSPS) is 10.6. The van der Waals surface area contributed by atoms with Crippen LogP contribution in [-0.2, 0) is 0 Å². The van der Waals surface area contributed by atoms with E-state index in [0.29, 0.717) is 5.82 Å². The van der Waals surface area contributed by atoms with E-state index < -0.39 is 0 Å². The molecule has 20 heavy (non-hydrogen) atoms. The molecule has 0 aliphatic carbocycles. The molecule has 1 heterocycles. The van der Waals surface area contributed by atoms with Crippen molar-refractivity contribution in [2.45, 2.75) is 65.2 Å². The van der Waals surface area contributed by atoms with Crippen LogP contribution in [0.4, 0.5) is 11.6 Å². The summed E-state index contributed by atoms with van der Waals surface area (Å²) < 4.78 is 0. The first-order chi connectivity index (χ1) is 9.76. The van der Waals surface area contributed by atoms with Gasteiger partial charge in [-0.15, -0.1) is 0 Å². The summed E-state index contributed by atoms with van der Waals surface area (Å²) in [4.78, 5) is 8.49. The molecule has 114 valence electrons. The highest BCUT2D eigenvalue weighted by molar-refractivity contribution is 5.46. The number of hydrazine groups is 1. The van der Waals surface area contributed by atoms with E-state index in [1.807, 2.05) is 13.0 Å². The topological polar surface area (TPSA) is 75.9 Å². The highest BCUT2D eigenvalue weighted by Crippen LogP contribution is 2.11. The van der Waals surface area contributed by atoms with Gasteiger partial charge in [-0.3, -0.25) is 0 Å². The zero-order valence-corrected chi connectivity index (χ0v) is 12.9. The lowest BCUT2D eigenvalue weighted by molar-refractivity contribution is 0.581. The van der Waals surface area contributed by atoms with Crippen molar-refractivity contribution in [1.29, 1.82) is 0 Å². The minimum Gasteiger partial charge on any atom is -0.370 e. The molecule has 0 aromatic carbocycles. The van der Waals surface area contributed by atoms with Gasteiger partial charge < -0.3 is 10.7 Å². The molecule has 0 radical (unpaired) electrons. The maximum absolute atomic E-state index is 5.36. The third kappa shape index (κ3) is 7.28. The average molecular weight is 279 g/mol. The number of hydrogen-bond donors (Lipinski definition) is 3. The van der Waals surface area contributed by atoms with Crippen LogP contribution in [0.2, 0.25) is 0 Å². The van der Waals surface area contributed by atoms with E-state index in [4.69, 9.17) is 5.84 Å². The number of anilines is 2. The van der Waals surface area contributed by atoms with E-state index in [1.54, 1.807) is 0 Å². The fourth-order valence-corrected chi connectivity index (χ4v) is 2.21. The third-order valence-corrected chi connectivity index (χ3v) is 3.32. The first-order valence-electron chi connectivity index (χ1n) is 7.82. The summed E-state index contributed by atoms with van der Waals surface area (Å²) in [5, 5.41) is 3.32. The van der Waals surface area contributed by atoms with Crippen LogP contribution in [0.3, 0.4) is 0 Å². The highest BCUT2D eigenvalue weighted by atomic mass is 15.3. The van der Waals surface area contributed by atoms with E-state index >= 15 is 0 Å². The number of unbranched alkanes of at least 4 members (excludes halogenated alkanes) is 7. The van der Waals surface area contributed by atoms with Crippen molar-refractivity contribution in [2.24, 2.45) is 5.84 Å². The van der Waals surface area contributed by atoms with Crippen molar-refractivity contribution < 1.29 is 0 Å². The maximum atomic E-state index is 5.36. The summed E-state index contributed by atoms with van der Waals surface area (Å²) in [5.41, 5.74) is 2.55. The van der Waals surface area contributed by atoms with Gasteiger partial charge in [0.25, 0.3) is 0 Å². The molecule has 5 heteroatoms. The Morgan fingerprint density at radius 3 is 2.20 bits per heavy atom. The molecule has 0 spiro atoms. The van der Waals surface area contributed by atoms with E-state index in [2.05, 4.69) is 27.6 Å². The molecule has 0 saturated heterocycles. The van der Waals surface area contributed by atoms with Gasteiger partial charge in [0.05, 0.1) is 0 Å². The third-order valence-electron chi connectivity index (χ3n) is 3.32. The standard InChI is InChI=1S/C15H29N5/c1-3-4-5-6-7-8-9-10-11-17-14-12-15(20-16)19-13(2)18-14/h12H,3-11,16H2,1-2H3,(H2,17,18,19,20). The second kappa shape index (κ2) is 10.4. The van der Waals surface area contributed by atoms with Crippen LogP contribution in [0.25, 0.3) is 0 Å². The molecular weight excluding hydrogens is 250 g/mol. The Hall–Kier alpha value is -1.36. The minimum absolute atomic E-state index is 0.649. The van der Waals surface area contributed by atoms with Gasteiger partial charge in [0.15, 0.2) is 0 Å². The van der Waals surface area contributed by atoms with E-state index in [1.165, 1.54) is 51.4 Å². The van der Waals surface area contributed by atoms with Crippen molar-refractivity contribution in [3.63, 3.8) is 0 Å². The fourth-order valence-electron chi connectivity index (χ4n) is 2.21. The first kappa shape index (κ1) is 16.7. The molecule has 0 atom stereocenters. The van der Waals surface area contributed by atoms with Crippen LogP contribution in [-0.4, -0.2) is 16.5 Å². The van der Waals surface area contributed by atoms with E-state index in [-0.39, 0.29) is 0 Å². The van der Waals surface area contributed by atoms with Crippen molar-refractivity contribution in [3.8, 4) is 0 Å². The van der Waals surface area contributed by atoms with Crippen LogP contribution < -0.4 is 16.6 Å². The summed E-state index contributed by atoms with van der Waals surface area (Å²) in [6.07, 6.45) is 10.7. The number of nitrogens with one attached hydrogen (secondary N) is 2. The number of rotatable bonds is 11. The number of nitrogens with two attached hydrogens (primary N) is 1. The molecule has 1 rings (SSSR count). The number of hydrogen-bond acceptors (Lipinski definition) is 5. The van der Waals surface area contributed by atoms with Gasteiger partial charge in [-0.2, -0.15) is 0 Å². The highest BCUT2D eigenvalue weighted by Gasteiger charge is 2.00. The Labute approximate surface area is 122 Å². The number of nitrogens with zero attached hydrogens (tertiary/aromatic N) is 2. The Bertz CT molecular complexity index is 367. The van der Waals surface area contributed by atoms with Gasteiger partial charge in [-0.1, -0.05) is 51.9 Å². The largest absolute Gasteiger partial charge is 0.370 e. The predicted octanol–water partition coefficient (Wildman–Crippen LogP) is 3.62. The van der Waals surface area contributed by atoms with Gasteiger partial charge in [0, 0.05) is 12.6 Å². The summed E-state index contributed by atoms with van der Waals surface area (Å²) in [6.45, 7) is 5.07. The van der Waals surface area contributed by atoms with Crippen LogP contribution in [0.15, 0.2) is 6.07 Å². The Balaban J connectivity index is 2.08. The number of aromatic nitrogens is 2. The monoisotopic (exact) mass is 279 g/mol. The van der Waals surface area contributed by atoms with Crippen molar-refractivity contribution in [3.05, 3.63) is 11.9 Å². The molecule has 0 bridgehead atoms. The molecule has 0 saturated carbocycles. The summed E-state index contributed by atoms with van der Waals surface area (Å²) in [7, 11) is 0. The Morgan fingerprint density at radius 2 is 1.55 bits per heavy atom. The van der Waals surface area contributed by atoms with Crippen molar-refractivity contribution >= 4 is 11.6 Å². The predicted molar refractivity (Wildman–Crippen MR) is 85.7 cm³/mol. The molecule has 0 amide bonds. The Morgan fingerprint density at radius 1 is 0.950 bits per heavy atom. The van der Waals surface area contributed by atoms with Crippen molar-refractivity contribution in [1.82, 2.24) is 9.97 Å². The lowest BCUT2D eigenvalue weighted by atomic mass is 10.1. The zero-order valence-electron chi connectivity index (χ0n) is 12.9. The van der Waals surface area contributed by atoms with Crippen LogP contribution >= 0.6 is 0 Å². The summed E-state index contributed by atoms with van der Waals surface area (Å²) in [5.74, 6) is 7.58. The molecule has 1 aromatic heterocycles. The molecule has 5 nitrogen and oxygen atoms in total. The minimum atomic E-state index is 0.649. The summed E-state index contributed by atoms with van der Waals surface area (Å²) >= 11 is 0. The molecular formula is C15H29N5. The summed E-state index contributed by atoms with van der Waals surface area (Å²) in [6, 6.07) is 1.83. The fraction of sp³-hybridized carbons (Fsp3) is 0.733. The average Bonchev–Trinajstić information content (AvgIpc) is 2.45. The molecule has 4 N–H and O–H groups in total. The maximum Gasteiger partial charge on any atom is 0.145 e. The van der Waals surface area contributed by atoms with Crippen LogP contribution in [0.5, 0.6) is 0 Å². The first-order valence-corrected chi connectivity index (χ1v) is 7.82. The van der Waals surface area contributed by atoms with E-state index in [9.17, 15) is 0 Å². The van der Waals surface area contributed by atoms with Gasteiger partial charge >= 0.3 is 0 Å². The van der Waals surface area contributed by atoms with Crippen LogP contribution in [0, 0.1) is 6.92 Å². The van der Waals surface area contributed by atoms with E-state index in [0.717, 1.165) is 18.2 Å². The second-order valence-corrected chi connectivity index (χ2v) is 5.23. The molecule has 1 aromatic rings. The SMILES string of the molecule is CCCCCCCCCCNc1cc(NN)nc(C)n1. The zero-order chi connectivity index (χ0) is 14.6. The van der Waals surface area contributed by atoms with Gasteiger partial charge in [-0.25, -0.2) is 15.8 Å². The smallest absolute Gasteiger partial charge is 0.145 e. The van der Waals surface area contributed by atoms with Crippen molar-refractivity contribution in [2.75, 3.05) is 17.3 Å². The van der Waals surface area contributed by atoms with Gasteiger partial charge in [0.1, 0.15) is 17.5 Å². The Kier molecular flexibility index (Phi) is 8.71. The van der Waals surface area contributed by atoms with Gasteiger partial charge in [0.2, 0.25) is 0 Å². The number of nitrogen functional groups attached to an aromatic ring is 1. The second-order valence-electron chi connectivity index (χ2n) is 5.23. The molecule has 0 aliphatic rings. The molecule has 0 aliphatic heterocycles. The van der Waals surface area contributed by atoms with Crippen LogP contribution in [0.1, 0.15) is 64.1 Å². The quantitative estimate of drug-likeness (QED) is 0.328. The lowest BCUT2D eigenvalue weighted by Crippen LogP contribution is -2.11. The molecule has 0 unspecified atom stereocenters. The lowest BCUT2D eigenvalue weighted by Gasteiger charge is -2.08.